The summed E-state index contributed by atoms with van der Waals surface area (Å²) in [6.07, 6.45) is 0.160. The van der Waals surface area contributed by atoms with Gasteiger partial charge in [0.05, 0.1) is 17.9 Å². The fourth-order valence-corrected chi connectivity index (χ4v) is 2.67. The van der Waals surface area contributed by atoms with Gasteiger partial charge in [-0.3, -0.25) is 4.79 Å². The SMILES string of the molecule is COCC(=O)NCc1ccc(N2C[C@@H](C)O[C@@H](C)C2)c(F)c1. The molecule has 1 aliphatic rings. The van der Waals surface area contributed by atoms with E-state index in [0.29, 0.717) is 18.8 Å². The smallest absolute Gasteiger partial charge is 0.246 e. The summed E-state index contributed by atoms with van der Waals surface area (Å²) in [5, 5.41) is 2.68. The molecule has 0 aliphatic carbocycles. The van der Waals surface area contributed by atoms with Gasteiger partial charge in [0.15, 0.2) is 0 Å². The maximum absolute atomic E-state index is 14.3. The Morgan fingerprint density at radius 2 is 2.09 bits per heavy atom. The lowest BCUT2D eigenvalue weighted by atomic mass is 10.1. The second-order valence-electron chi connectivity index (χ2n) is 5.66. The zero-order chi connectivity index (χ0) is 16.1. The lowest BCUT2D eigenvalue weighted by Crippen LogP contribution is -2.45. The van der Waals surface area contributed by atoms with Crippen molar-refractivity contribution in [1.29, 1.82) is 0 Å². The van der Waals surface area contributed by atoms with Crippen molar-refractivity contribution in [1.82, 2.24) is 5.32 Å². The highest BCUT2D eigenvalue weighted by Gasteiger charge is 2.24. The quantitative estimate of drug-likeness (QED) is 0.899. The summed E-state index contributed by atoms with van der Waals surface area (Å²) in [6, 6.07) is 5.06. The molecule has 6 heteroatoms. The molecule has 1 amide bonds. The van der Waals surface area contributed by atoms with E-state index in [1.54, 1.807) is 6.07 Å². The van der Waals surface area contributed by atoms with E-state index in [9.17, 15) is 9.18 Å². The maximum Gasteiger partial charge on any atom is 0.246 e. The summed E-state index contributed by atoms with van der Waals surface area (Å²) >= 11 is 0. The summed E-state index contributed by atoms with van der Waals surface area (Å²) in [7, 11) is 1.46. The molecule has 1 N–H and O–H groups in total. The Balaban J connectivity index is 2.01. The molecule has 22 heavy (non-hydrogen) atoms. The van der Waals surface area contributed by atoms with E-state index in [4.69, 9.17) is 9.47 Å². The fraction of sp³-hybridized carbons (Fsp3) is 0.562. The first kappa shape index (κ1) is 16.7. The molecule has 0 unspecified atom stereocenters. The Hall–Kier alpha value is -1.66. The average Bonchev–Trinajstić information content (AvgIpc) is 2.44. The lowest BCUT2D eigenvalue weighted by molar-refractivity contribution is -0.124. The molecule has 5 nitrogen and oxygen atoms in total. The molecule has 2 atom stereocenters. The van der Waals surface area contributed by atoms with Crippen LogP contribution in [0.2, 0.25) is 0 Å². The minimum Gasteiger partial charge on any atom is -0.375 e. The Morgan fingerprint density at radius 1 is 1.41 bits per heavy atom. The van der Waals surface area contributed by atoms with Crippen LogP contribution in [0.25, 0.3) is 0 Å². The highest BCUT2D eigenvalue weighted by molar-refractivity contribution is 5.77. The number of ether oxygens (including phenoxy) is 2. The minimum atomic E-state index is -0.278. The van der Waals surface area contributed by atoms with Crippen molar-refractivity contribution in [2.75, 3.05) is 31.7 Å². The van der Waals surface area contributed by atoms with E-state index >= 15 is 0 Å². The Labute approximate surface area is 130 Å². The van der Waals surface area contributed by atoms with Crippen LogP contribution in [0.4, 0.5) is 10.1 Å². The third-order valence-electron chi connectivity index (χ3n) is 3.54. The summed E-state index contributed by atoms with van der Waals surface area (Å²) in [6.45, 7) is 5.61. The number of halogens is 1. The molecule has 0 saturated carbocycles. The van der Waals surface area contributed by atoms with Gasteiger partial charge < -0.3 is 19.7 Å². The molecule has 1 aromatic rings. The van der Waals surface area contributed by atoms with Crippen molar-refractivity contribution in [3.63, 3.8) is 0 Å². The number of morpholine rings is 1. The van der Waals surface area contributed by atoms with Gasteiger partial charge in [-0.15, -0.1) is 0 Å². The Kier molecular flexibility index (Phi) is 5.74. The zero-order valence-electron chi connectivity index (χ0n) is 13.3. The number of anilines is 1. The molecule has 1 aromatic carbocycles. The standard InChI is InChI=1S/C16H23FN2O3/c1-11-8-19(9-12(2)22-11)15-5-4-13(6-14(15)17)7-18-16(20)10-21-3/h4-6,11-12H,7-10H2,1-3H3,(H,18,20)/t11-,12+. The van der Waals surface area contributed by atoms with Crippen LogP contribution in [0.5, 0.6) is 0 Å². The van der Waals surface area contributed by atoms with Gasteiger partial charge in [0.25, 0.3) is 0 Å². The number of rotatable bonds is 5. The van der Waals surface area contributed by atoms with Crippen LogP contribution in [0, 0.1) is 5.82 Å². The van der Waals surface area contributed by atoms with Crippen LogP contribution in [-0.2, 0) is 20.8 Å². The molecule has 0 radical (unpaired) electrons. The largest absolute Gasteiger partial charge is 0.375 e. The van der Waals surface area contributed by atoms with E-state index < -0.39 is 0 Å². The normalized spacial score (nSPS) is 21.7. The highest BCUT2D eigenvalue weighted by atomic mass is 19.1. The summed E-state index contributed by atoms with van der Waals surface area (Å²) in [5.74, 6) is -0.498. The molecule has 1 heterocycles. The van der Waals surface area contributed by atoms with E-state index in [2.05, 4.69) is 5.32 Å². The van der Waals surface area contributed by atoms with Gasteiger partial charge in [0.2, 0.25) is 5.91 Å². The van der Waals surface area contributed by atoms with Gasteiger partial charge in [-0.1, -0.05) is 6.07 Å². The number of carbonyl (C=O) groups excluding carboxylic acids is 1. The summed E-state index contributed by atoms with van der Waals surface area (Å²) in [5.41, 5.74) is 1.30. The summed E-state index contributed by atoms with van der Waals surface area (Å²) < 4.78 is 24.7. The third kappa shape index (κ3) is 4.42. The predicted octanol–water partition coefficient (Wildman–Crippen LogP) is 1.70. The first-order chi connectivity index (χ1) is 10.5. The van der Waals surface area contributed by atoms with E-state index in [-0.39, 0.29) is 37.1 Å². The van der Waals surface area contributed by atoms with Gasteiger partial charge in [-0.05, 0) is 31.5 Å². The van der Waals surface area contributed by atoms with Gasteiger partial charge in [0, 0.05) is 26.7 Å². The molecule has 1 fully saturated rings. The lowest BCUT2D eigenvalue weighted by Gasteiger charge is -2.37. The Bertz CT molecular complexity index is 514. The fourth-order valence-electron chi connectivity index (χ4n) is 2.67. The van der Waals surface area contributed by atoms with Gasteiger partial charge >= 0.3 is 0 Å². The molecule has 0 spiro atoms. The maximum atomic E-state index is 14.3. The third-order valence-corrected chi connectivity index (χ3v) is 3.54. The molecule has 122 valence electrons. The number of nitrogens with one attached hydrogen (secondary N) is 1. The van der Waals surface area contributed by atoms with E-state index in [1.807, 2.05) is 24.8 Å². The average molecular weight is 310 g/mol. The zero-order valence-corrected chi connectivity index (χ0v) is 13.3. The van der Waals surface area contributed by atoms with Crippen LogP contribution >= 0.6 is 0 Å². The molecule has 0 bridgehead atoms. The number of carbonyl (C=O) groups is 1. The van der Waals surface area contributed by atoms with Crippen molar-refractivity contribution >= 4 is 11.6 Å². The second-order valence-corrected chi connectivity index (χ2v) is 5.66. The van der Waals surface area contributed by atoms with Crippen LogP contribution < -0.4 is 10.2 Å². The molecule has 2 rings (SSSR count). The first-order valence-electron chi connectivity index (χ1n) is 7.44. The predicted molar refractivity (Wildman–Crippen MR) is 82.3 cm³/mol. The number of hydrogen-bond acceptors (Lipinski definition) is 4. The van der Waals surface area contributed by atoms with Crippen molar-refractivity contribution in [3.8, 4) is 0 Å². The molecule has 1 saturated heterocycles. The van der Waals surface area contributed by atoms with E-state index in [1.165, 1.54) is 13.2 Å². The Morgan fingerprint density at radius 3 is 2.68 bits per heavy atom. The molecule has 0 aromatic heterocycles. The van der Waals surface area contributed by atoms with Gasteiger partial charge in [-0.2, -0.15) is 0 Å². The molecular weight excluding hydrogens is 287 g/mol. The number of methoxy groups -OCH3 is 1. The summed E-state index contributed by atoms with van der Waals surface area (Å²) in [4.78, 5) is 13.3. The van der Waals surface area contributed by atoms with Crippen LogP contribution in [-0.4, -0.2) is 44.9 Å². The monoisotopic (exact) mass is 310 g/mol. The van der Waals surface area contributed by atoms with Crippen molar-refractivity contribution in [2.24, 2.45) is 0 Å². The number of hydrogen-bond donors (Lipinski definition) is 1. The topological polar surface area (TPSA) is 50.8 Å². The van der Waals surface area contributed by atoms with Crippen LogP contribution in [0.3, 0.4) is 0 Å². The van der Waals surface area contributed by atoms with Crippen LogP contribution in [0.15, 0.2) is 18.2 Å². The van der Waals surface area contributed by atoms with Crippen molar-refractivity contribution in [3.05, 3.63) is 29.6 Å². The van der Waals surface area contributed by atoms with Gasteiger partial charge in [0.1, 0.15) is 12.4 Å². The first-order valence-corrected chi connectivity index (χ1v) is 7.44. The number of benzene rings is 1. The highest BCUT2D eigenvalue weighted by Crippen LogP contribution is 2.24. The number of amides is 1. The van der Waals surface area contributed by atoms with Crippen LogP contribution in [0.1, 0.15) is 19.4 Å². The van der Waals surface area contributed by atoms with E-state index in [0.717, 1.165) is 5.56 Å². The minimum absolute atomic E-state index is 0.00409. The van der Waals surface area contributed by atoms with Gasteiger partial charge in [-0.25, -0.2) is 4.39 Å². The van der Waals surface area contributed by atoms with Crippen molar-refractivity contribution in [2.45, 2.75) is 32.6 Å². The van der Waals surface area contributed by atoms with Crippen molar-refractivity contribution < 1.29 is 18.7 Å². The molecular formula is C16H23FN2O3. The second kappa shape index (κ2) is 7.56. The number of nitrogens with zero attached hydrogens (tertiary/aromatic N) is 1. The molecule has 1 aliphatic heterocycles.